The highest BCUT2D eigenvalue weighted by Gasteiger charge is 2.15. The molecule has 0 radical (unpaired) electrons. The lowest BCUT2D eigenvalue weighted by Gasteiger charge is -2.13. The van der Waals surface area contributed by atoms with Crippen LogP contribution in [-0.2, 0) is 4.79 Å². The number of carbonyl (C=O) groups is 1. The van der Waals surface area contributed by atoms with E-state index in [1.54, 1.807) is 36.5 Å². The van der Waals surface area contributed by atoms with Gasteiger partial charge in [0.1, 0.15) is 11.6 Å². The molecule has 1 atom stereocenters. The van der Waals surface area contributed by atoms with Crippen molar-refractivity contribution >= 4 is 54.9 Å². The first-order valence-electron chi connectivity index (χ1n) is 9.13. The Labute approximate surface area is 189 Å². The number of carboxylic acid groups (broad SMARTS) is 1. The third kappa shape index (κ3) is 4.79. The molecule has 0 fully saturated rings. The second kappa shape index (κ2) is 9.09. The number of ether oxygens (including phenoxy) is 1. The average molecular weight is 537 g/mol. The fourth-order valence-electron chi connectivity index (χ4n) is 2.71. The molecule has 0 unspecified atom stereocenters. The monoisotopic (exact) mass is 535 g/mol. The van der Waals surface area contributed by atoms with E-state index in [2.05, 4.69) is 41.9 Å². The summed E-state index contributed by atoms with van der Waals surface area (Å²) in [6.45, 7) is 5.35. The summed E-state index contributed by atoms with van der Waals surface area (Å²) in [5.41, 5.74) is 1.07. The molecule has 1 N–H and O–H groups in total. The van der Waals surface area contributed by atoms with Crippen molar-refractivity contribution in [1.82, 2.24) is 9.66 Å². The Bertz CT molecular complexity index is 1200. The van der Waals surface area contributed by atoms with E-state index in [1.807, 2.05) is 19.9 Å². The Kier molecular flexibility index (Phi) is 6.72. The molecule has 156 valence electrons. The Balaban J connectivity index is 2.00. The van der Waals surface area contributed by atoms with Gasteiger partial charge in [0.15, 0.2) is 6.10 Å². The first-order valence-corrected chi connectivity index (χ1v) is 10.7. The maximum Gasteiger partial charge on any atom is 0.344 e. The average Bonchev–Trinajstić information content (AvgIpc) is 2.69. The van der Waals surface area contributed by atoms with Gasteiger partial charge in [-0.1, -0.05) is 29.8 Å². The van der Waals surface area contributed by atoms with Gasteiger partial charge < -0.3 is 9.84 Å². The normalized spacial score (nSPS) is 12.6. The standard InChI is InChI=1S/C21H19Br2N3O4/c1-11(2)19-25-17-6-5-14(22)9-15(17)20(27)26(19)24-10-13-4-7-18(16(23)8-13)30-12(3)21(28)29/h4-12H,1-3H3,(H,28,29)/t12-/m0/s1. The second-order valence-corrected chi connectivity index (χ2v) is 8.71. The molecule has 0 saturated carbocycles. The molecule has 9 heteroatoms. The Morgan fingerprint density at radius 3 is 2.57 bits per heavy atom. The number of aliphatic carboxylic acids is 1. The zero-order valence-corrected chi connectivity index (χ0v) is 19.6. The fraction of sp³-hybridized carbons (Fsp3) is 0.238. The van der Waals surface area contributed by atoms with Gasteiger partial charge in [-0.15, -0.1) is 0 Å². The van der Waals surface area contributed by atoms with Gasteiger partial charge in [0.05, 0.1) is 21.6 Å². The molecule has 2 aromatic carbocycles. The quantitative estimate of drug-likeness (QED) is 0.457. The predicted octanol–water partition coefficient (Wildman–Crippen LogP) is 4.78. The van der Waals surface area contributed by atoms with Gasteiger partial charge in [-0.25, -0.2) is 9.78 Å². The van der Waals surface area contributed by atoms with E-state index >= 15 is 0 Å². The van der Waals surface area contributed by atoms with Crippen molar-refractivity contribution < 1.29 is 14.6 Å². The number of aromatic nitrogens is 2. The van der Waals surface area contributed by atoms with E-state index in [1.165, 1.54) is 11.6 Å². The minimum Gasteiger partial charge on any atom is -0.479 e. The molecular formula is C21H19Br2N3O4. The minimum absolute atomic E-state index is 0.0112. The number of hydrogen-bond acceptors (Lipinski definition) is 5. The summed E-state index contributed by atoms with van der Waals surface area (Å²) in [7, 11) is 0. The van der Waals surface area contributed by atoms with Crippen molar-refractivity contribution in [1.29, 1.82) is 0 Å². The summed E-state index contributed by atoms with van der Waals surface area (Å²) in [5, 5.41) is 13.8. The Hall–Kier alpha value is -2.52. The van der Waals surface area contributed by atoms with Gasteiger partial charge >= 0.3 is 5.97 Å². The first-order chi connectivity index (χ1) is 14.2. The maximum absolute atomic E-state index is 13.0. The summed E-state index contributed by atoms with van der Waals surface area (Å²) in [6, 6.07) is 10.5. The number of benzene rings is 2. The summed E-state index contributed by atoms with van der Waals surface area (Å²) >= 11 is 6.76. The number of halogens is 2. The summed E-state index contributed by atoms with van der Waals surface area (Å²) < 4.78 is 8.07. The SMILES string of the molecule is CC(C)c1nc2ccc(Br)cc2c(=O)n1N=Cc1ccc(O[C@@H](C)C(=O)O)c(Br)c1. The van der Waals surface area contributed by atoms with Crippen LogP contribution >= 0.6 is 31.9 Å². The van der Waals surface area contributed by atoms with Crippen LogP contribution in [-0.4, -0.2) is 33.1 Å². The lowest BCUT2D eigenvalue weighted by Crippen LogP contribution is -2.23. The second-order valence-electron chi connectivity index (χ2n) is 6.94. The molecule has 3 aromatic rings. The van der Waals surface area contributed by atoms with Crippen molar-refractivity contribution in [3.63, 3.8) is 0 Å². The fourth-order valence-corrected chi connectivity index (χ4v) is 3.56. The van der Waals surface area contributed by atoms with Crippen LogP contribution in [0.15, 0.2) is 55.2 Å². The van der Waals surface area contributed by atoms with Gasteiger partial charge in [-0.2, -0.15) is 9.78 Å². The topological polar surface area (TPSA) is 93.8 Å². The van der Waals surface area contributed by atoms with E-state index in [-0.39, 0.29) is 11.5 Å². The van der Waals surface area contributed by atoms with Crippen molar-refractivity contribution in [2.24, 2.45) is 5.10 Å². The number of carboxylic acids is 1. The highest BCUT2D eigenvalue weighted by Crippen LogP contribution is 2.26. The summed E-state index contributed by atoms with van der Waals surface area (Å²) in [4.78, 5) is 28.6. The van der Waals surface area contributed by atoms with Gasteiger partial charge in [0.25, 0.3) is 5.56 Å². The van der Waals surface area contributed by atoms with Gasteiger partial charge in [0.2, 0.25) is 0 Å². The molecule has 0 amide bonds. The van der Waals surface area contributed by atoms with E-state index in [0.717, 1.165) is 4.47 Å². The van der Waals surface area contributed by atoms with Crippen LogP contribution in [0.1, 0.15) is 38.1 Å². The molecule has 1 heterocycles. The molecular weight excluding hydrogens is 518 g/mol. The highest BCUT2D eigenvalue weighted by atomic mass is 79.9. The molecule has 0 saturated heterocycles. The zero-order chi connectivity index (χ0) is 22.0. The van der Waals surface area contributed by atoms with Crippen LogP contribution < -0.4 is 10.3 Å². The maximum atomic E-state index is 13.0. The summed E-state index contributed by atoms with van der Waals surface area (Å²) in [6.07, 6.45) is 0.574. The first kappa shape index (κ1) is 22.2. The molecule has 0 bridgehead atoms. The van der Waals surface area contributed by atoms with E-state index in [9.17, 15) is 9.59 Å². The van der Waals surface area contributed by atoms with Crippen molar-refractivity contribution in [3.05, 3.63) is 67.1 Å². The van der Waals surface area contributed by atoms with Crippen LogP contribution in [0, 0.1) is 0 Å². The smallest absolute Gasteiger partial charge is 0.344 e. The van der Waals surface area contributed by atoms with Crippen LogP contribution in [0.4, 0.5) is 0 Å². The van der Waals surface area contributed by atoms with Crippen molar-refractivity contribution in [2.75, 3.05) is 0 Å². The molecule has 30 heavy (non-hydrogen) atoms. The van der Waals surface area contributed by atoms with E-state index in [0.29, 0.717) is 32.5 Å². The molecule has 0 aliphatic rings. The van der Waals surface area contributed by atoms with Crippen LogP contribution in [0.5, 0.6) is 5.75 Å². The van der Waals surface area contributed by atoms with E-state index < -0.39 is 12.1 Å². The van der Waals surface area contributed by atoms with Gasteiger partial charge in [-0.3, -0.25) is 4.79 Å². The molecule has 0 spiro atoms. The molecule has 7 nitrogen and oxygen atoms in total. The summed E-state index contributed by atoms with van der Waals surface area (Å²) in [5.74, 6) is -0.105. The molecule has 1 aromatic heterocycles. The minimum atomic E-state index is -1.05. The lowest BCUT2D eigenvalue weighted by atomic mass is 10.2. The number of rotatable bonds is 6. The van der Waals surface area contributed by atoms with Crippen LogP contribution in [0.2, 0.25) is 0 Å². The lowest BCUT2D eigenvalue weighted by molar-refractivity contribution is -0.144. The zero-order valence-electron chi connectivity index (χ0n) is 16.5. The molecule has 3 rings (SSSR count). The number of hydrogen-bond donors (Lipinski definition) is 1. The third-order valence-electron chi connectivity index (χ3n) is 4.28. The van der Waals surface area contributed by atoms with Crippen molar-refractivity contribution in [3.8, 4) is 5.75 Å². The number of fused-ring (bicyclic) bond motifs is 1. The Morgan fingerprint density at radius 2 is 1.93 bits per heavy atom. The highest BCUT2D eigenvalue weighted by molar-refractivity contribution is 9.10. The van der Waals surface area contributed by atoms with Crippen LogP contribution in [0.3, 0.4) is 0 Å². The largest absolute Gasteiger partial charge is 0.479 e. The molecule has 0 aliphatic carbocycles. The van der Waals surface area contributed by atoms with E-state index in [4.69, 9.17) is 9.84 Å². The van der Waals surface area contributed by atoms with Crippen molar-refractivity contribution in [2.45, 2.75) is 32.8 Å². The van der Waals surface area contributed by atoms with Gasteiger partial charge in [0, 0.05) is 10.4 Å². The molecule has 0 aliphatic heterocycles. The predicted molar refractivity (Wildman–Crippen MR) is 123 cm³/mol. The van der Waals surface area contributed by atoms with Crippen LogP contribution in [0.25, 0.3) is 10.9 Å². The number of nitrogens with zero attached hydrogens (tertiary/aromatic N) is 3. The van der Waals surface area contributed by atoms with Gasteiger partial charge in [-0.05, 0) is 64.8 Å². The third-order valence-corrected chi connectivity index (χ3v) is 5.39. The Morgan fingerprint density at radius 1 is 1.20 bits per heavy atom.